The maximum absolute atomic E-state index is 12.0. The molecule has 0 radical (unpaired) electrons. The summed E-state index contributed by atoms with van der Waals surface area (Å²) in [6, 6.07) is 10.7. The van der Waals surface area contributed by atoms with Gasteiger partial charge in [-0.15, -0.1) is 0 Å². The van der Waals surface area contributed by atoms with Crippen molar-refractivity contribution in [2.45, 2.75) is 31.8 Å². The van der Waals surface area contributed by atoms with Crippen LogP contribution in [0.15, 0.2) is 30.3 Å². The van der Waals surface area contributed by atoms with Crippen LogP contribution in [0.25, 0.3) is 0 Å². The molecule has 17 heavy (non-hydrogen) atoms. The molecule has 1 saturated heterocycles. The number of hydrogen-bond acceptors (Lipinski definition) is 2. The van der Waals surface area contributed by atoms with Crippen LogP contribution in [0, 0.1) is 0 Å². The molecule has 92 valence electrons. The molecule has 3 nitrogen and oxygen atoms in total. The summed E-state index contributed by atoms with van der Waals surface area (Å²) >= 11 is 0. The van der Waals surface area contributed by atoms with E-state index in [0.717, 1.165) is 25.9 Å². The van der Waals surface area contributed by atoms with E-state index in [-0.39, 0.29) is 5.91 Å². The molecule has 1 aromatic carbocycles. The van der Waals surface area contributed by atoms with Gasteiger partial charge in [0.1, 0.15) is 0 Å². The molecule has 1 unspecified atom stereocenters. The summed E-state index contributed by atoms with van der Waals surface area (Å²) in [6.07, 6.45) is 2.67. The lowest BCUT2D eigenvalue weighted by Gasteiger charge is -2.20. The molecule has 0 aromatic heterocycles. The van der Waals surface area contributed by atoms with Gasteiger partial charge >= 0.3 is 0 Å². The number of nitrogens with one attached hydrogen (secondary N) is 1. The smallest absolute Gasteiger partial charge is 0.222 e. The largest absolute Gasteiger partial charge is 0.338 e. The Morgan fingerprint density at radius 3 is 2.76 bits per heavy atom. The van der Waals surface area contributed by atoms with E-state index in [1.54, 1.807) is 0 Å². The molecule has 1 N–H and O–H groups in total. The predicted molar refractivity (Wildman–Crippen MR) is 68.6 cm³/mol. The van der Waals surface area contributed by atoms with E-state index in [9.17, 15) is 4.79 Å². The molecule has 1 aliphatic rings. The Bertz CT molecular complexity index is 364. The zero-order valence-electron chi connectivity index (χ0n) is 10.4. The second-order valence-corrected chi connectivity index (χ2v) is 4.61. The first kappa shape index (κ1) is 12.1. The van der Waals surface area contributed by atoms with Gasteiger partial charge in [0, 0.05) is 25.6 Å². The SMILES string of the molecule is CNC1CCC(=O)N(Cc2ccccc2)CC1. The molecule has 1 aliphatic heterocycles. The molecule has 0 aliphatic carbocycles. The molecule has 1 amide bonds. The number of likely N-dealkylation sites (tertiary alicyclic amines) is 1. The molecule has 0 spiro atoms. The molecule has 1 fully saturated rings. The molecule has 1 aromatic rings. The van der Waals surface area contributed by atoms with Crippen LogP contribution in [0.5, 0.6) is 0 Å². The standard InChI is InChI=1S/C14H20N2O/c1-15-13-7-8-14(17)16(10-9-13)11-12-5-3-2-4-6-12/h2-6,13,15H,7-11H2,1H3. The summed E-state index contributed by atoms with van der Waals surface area (Å²) in [5.41, 5.74) is 1.21. The molecular weight excluding hydrogens is 212 g/mol. The van der Waals surface area contributed by atoms with Crippen LogP contribution in [0.1, 0.15) is 24.8 Å². The van der Waals surface area contributed by atoms with Gasteiger partial charge in [-0.2, -0.15) is 0 Å². The first-order chi connectivity index (χ1) is 8.29. The van der Waals surface area contributed by atoms with Gasteiger partial charge in [0.15, 0.2) is 0 Å². The number of benzene rings is 1. The van der Waals surface area contributed by atoms with Gasteiger partial charge in [-0.25, -0.2) is 0 Å². The number of nitrogens with zero attached hydrogens (tertiary/aromatic N) is 1. The zero-order chi connectivity index (χ0) is 12.1. The summed E-state index contributed by atoms with van der Waals surface area (Å²) in [4.78, 5) is 14.0. The Kier molecular flexibility index (Phi) is 4.15. The summed E-state index contributed by atoms with van der Waals surface area (Å²) in [6.45, 7) is 1.61. The van der Waals surface area contributed by atoms with Crippen molar-refractivity contribution < 1.29 is 4.79 Å². The molecule has 0 bridgehead atoms. The van der Waals surface area contributed by atoms with Crippen LogP contribution < -0.4 is 5.32 Å². The van der Waals surface area contributed by atoms with Crippen molar-refractivity contribution in [1.29, 1.82) is 0 Å². The number of carbonyl (C=O) groups is 1. The summed E-state index contributed by atoms with van der Waals surface area (Å²) < 4.78 is 0. The van der Waals surface area contributed by atoms with Gasteiger partial charge in [0.2, 0.25) is 5.91 Å². The highest BCUT2D eigenvalue weighted by Gasteiger charge is 2.21. The lowest BCUT2D eigenvalue weighted by atomic mass is 10.1. The van der Waals surface area contributed by atoms with Crippen molar-refractivity contribution in [3.05, 3.63) is 35.9 Å². The summed E-state index contributed by atoms with van der Waals surface area (Å²) in [7, 11) is 1.97. The maximum atomic E-state index is 12.0. The van der Waals surface area contributed by atoms with Crippen molar-refractivity contribution in [2.24, 2.45) is 0 Å². The van der Waals surface area contributed by atoms with E-state index >= 15 is 0 Å². The Hall–Kier alpha value is -1.35. The fourth-order valence-corrected chi connectivity index (χ4v) is 2.30. The second-order valence-electron chi connectivity index (χ2n) is 4.61. The van der Waals surface area contributed by atoms with E-state index < -0.39 is 0 Å². The first-order valence-corrected chi connectivity index (χ1v) is 6.28. The summed E-state index contributed by atoms with van der Waals surface area (Å²) in [5, 5.41) is 3.27. The predicted octanol–water partition coefficient (Wildman–Crippen LogP) is 1.79. The third kappa shape index (κ3) is 3.30. The van der Waals surface area contributed by atoms with Crippen LogP contribution in [0.4, 0.5) is 0 Å². The van der Waals surface area contributed by atoms with Gasteiger partial charge in [-0.1, -0.05) is 30.3 Å². The van der Waals surface area contributed by atoms with Gasteiger partial charge < -0.3 is 10.2 Å². The highest BCUT2D eigenvalue weighted by Crippen LogP contribution is 2.14. The van der Waals surface area contributed by atoms with Crippen LogP contribution in [0.3, 0.4) is 0 Å². The molecule has 0 saturated carbocycles. The lowest BCUT2D eigenvalue weighted by molar-refractivity contribution is -0.131. The molecule has 1 atom stereocenters. The van der Waals surface area contributed by atoms with E-state index in [2.05, 4.69) is 17.4 Å². The first-order valence-electron chi connectivity index (χ1n) is 6.28. The van der Waals surface area contributed by atoms with Gasteiger partial charge in [-0.3, -0.25) is 4.79 Å². The third-order valence-electron chi connectivity index (χ3n) is 3.43. The minimum atomic E-state index is 0.284. The normalized spacial score (nSPS) is 21.4. The molecule has 2 rings (SSSR count). The third-order valence-corrected chi connectivity index (χ3v) is 3.43. The molecule has 1 heterocycles. The van der Waals surface area contributed by atoms with Crippen molar-refractivity contribution in [3.8, 4) is 0 Å². The topological polar surface area (TPSA) is 32.3 Å². The number of carbonyl (C=O) groups excluding carboxylic acids is 1. The Labute approximate surface area is 103 Å². The Balaban J connectivity index is 1.98. The fourth-order valence-electron chi connectivity index (χ4n) is 2.30. The van der Waals surface area contributed by atoms with Gasteiger partial charge in [0.05, 0.1) is 0 Å². The molecule has 3 heteroatoms. The van der Waals surface area contributed by atoms with Crippen molar-refractivity contribution in [2.75, 3.05) is 13.6 Å². The van der Waals surface area contributed by atoms with E-state index in [0.29, 0.717) is 12.5 Å². The average molecular weight is 232 g/mol. The van der Waals surface area contributed by atoms with Crippen molar-refractivity contribution >= 4 is 5.91 Å². The average Bonchev–Trinajstić information content (AvgIpc) is 2.54. The van der Waals surface area contributed by atoms with Crippen molar-refractivity contribution in [3.63, 3.8) is 0 Å². The van der Waals surface area contributed by atoms with E-state index in [4.69, 9.17) is 0 Å². The lowest BCUT2D eigenvalue weighted by Crippen LogP contribution is -2.30. The summed E-state index contributed by atoms with van der Waals surface area (Å²) in [5.74, 6) is 0.284. The number of amides is 1. The number of hydrogen-bond donors (Lipinski definition) is 1. The second kappa shape index (κ2) is 5.82. The molecular formula is C14H20N2O. The minimum Gasteiger partial charge on any atom is -0.338 e. The minimum absolute atomic E-state index is 0.284. The Morgan fingerprint density at radius 1 is 1.29 bits per heavy atom. The Morgan fingerprint density at radius 2 is 2.06 bits per heavy atom. The van der Waals surface area contributed by atoms with Gasteiger partial charge in [0.25, 0.3) is 0 Å². The van der Waals surface area contributed by atoms with E-state index in [1.807, 2.05) is 30.1 Å². The van der Waals surface area contributed by atoms with Crippen LogP contribution >= 0.6 is 0 Å². The fraction of sp³-hybridized carbons (Fsp3) is 0.500. The quantitative estimate of drug-likeness (QED) is 0.861. The van der Waals surface area contributed by atoms with Crippen molar-refractivity contribution in [1.82, 2.24) is 10.2 Å². The van der Waals surface area contributed by atoms with Crippen LogP contribution in [-0.4, -0.2) is 30.4 Å². The maximum Gasteiger partial charge on any atom is 0.222 e. The van der Waals surface area contributed by atoms with Gasteiger partial charge in [-0.05, 0) is 25.5 Å². The number of rotatable bonds is 3. The van der Waals surface area contributed by atoms with Crippen LogP contribution in [0.2, 0.25) is 0 Å². The zero-order valence-corrected chi connectivity index (χ0v) is 10.4. The van der Waals surface area contributed by atoms with E-state index in [1.165, 1.54) is 5.56 Å². The monoisotopic (exact) mass is 232 g/mol. The highest BCUT2D eigenvalue weighted by atomic mass is 16.2. The highest BCUT2D eigenvalue weighted by molar-refractivity contribution is 5.76. The van der Waals surface area contributed by atoms with Crippen LogP contribution in [-0.2, 0) is 11.3 Å².